The summed E-state index contributed by atoms with van der Waals surface area (Å²) in [7, 11) is -3.54. The molecule has 122 valence electrons. The fraction of sp³-hybridized carbons (Fsp3) is 0.188. The smallest absolute Gasteiger partial charge is 0.240 e. The van der Waals surface area contributed by atoms with E-state index in [4.69, 9.17) is 0 Å². The third-order valence-electron chi connectivity index (χ3n) is 2.89. The van der Waals surface area contributed by atoms with Crippen LogP contribution in [0.5, 0.6) is 0 Å². The average molecular weight is 350 g/mol. The molecule has 0 aliphatic carbocycles. The lowest BCUT2D eigenvalue weighted by molar-refractivity contribution is -0.114. The molecule has 7 heteroatoms. The first-order valence-electron chi connectivity index (χ1n) is 7.02. The summed E-state index contributed by atoms with van der Waals surface area (Å²) in [5.74, 6) is 0.449. The summed E-state index contributed by atoms with van der Waals surface area (Å²) in [4.78, 5) is 12.2. The molecule has 0 aliphatic rings. The standard InChI is InChI=1S/C16H18N2O3S2/c1-13(19)18-14-7-9-16(10-8-14)23(20,21)17-11-12-22-15-5-3-2-4-6-15/h2-10,17H,11-12H2,1H3,(H,18,19). The van der Waals surface area contributed by atoms with Gasteiger partial charge in [-0.25, -0.2) is 13.1 Å². The molecule has 2 rings (SSSR count). The van der Waals surface area contributed by atoms with Gasteiger partial charge in [-0.2, -0.15) is 0 Å². The molecule has 2 aromatic rings. The minimum absolute atomic E-state index is 0.177. The molecule has 0 spiro atoms. The first-order valence-corrected chi connectivity index (χ1v) is 9.49. The molecular formula is C16H18N2O3S2. The Morgan fingerprint density at radius 3 is 2.30 bits per heavy atom. The predicted octanol–water partition coefficient (Wildman–Crippen LogP) is 2.72. The van der Waals surface area contributed by atoms with Gasteiger partial charge in [0.2, 0.25) is 15.9 Å². The van der Waals surface area contributed by atoms with Crippen molar-refractivity contribution in [2.45, 2.75) is 16.7 Å². The third-order valence-corrected chi connectivity index (χ3v) is 5.38. The van der Waals surface area contributed by atoms with Gasteiger partial charge in [-0.1, -0.05) is 18.2 Å². The summed E-state index contributed by atoms with van der Waals surface area (Å²) >= 11 is 1.59. The molecule has 0 saturated heterocycles. The maximum Gasteiger partial charge on any atom is 0.240 e. The number of hydrogen-bond donors (Lipinski definition) is 2. The van der Waals surface area contributed by atoms with Gasteiger partial charge in [0.1, 0.15) is 0 Å². The Kier molecular flexibility index (Phi) is 6.20. The van der Waals surface area contributed by atoms with E-state index < -0.39 is 10.0 Å². The molecule has 0 aliphatic heterocycles. The van der Waals surface area contributed by atoms with E-state index >= 15 is 0 Å². The molecule has 23 heavy (non-hydrogen) atoms. The number of rotatable bonds is 7. The molecule has 1 amide bonds. The highest BCUT2D eigenvalue weighted by molar-refractivity contribution is 7.99. The van der Waals surface area contributed by atoms with E-state index in [1.165, 1.54) is 19.1 Å². The van der Waals surface area contributed by atoms with Gasteiger partial charge in [0.05, 0.1) is 4.90 Å². The van der Waals surface area contributed by atoms with E-state index in [0.29, 0.717) is 18.0 Å². The number of thioether (sulfide) groups is 1. The van der Waals surface area contributed by atoms with Crippen molar-refractivity contribution in [1.29, 1.82) is 0 Å². The number of anilines is 1. The van der Waals surface area contributed by atoms with Crippen molar-refractivity contribution >= 4 is 33.4 Å². The topological polar surface area (TPSA) is 75.3 Å². The molecule has 0 heterocycles. The van der Waals surface area contributed by atoms with Crippen LogP contribution in [0, 0.1) is 0 Å². The second-order valence-corrected chi connectivity index (χ2v) is 7.70. The summed E-state index contributed by atoms with van der Waals surface area (Å²) in [5.41, 5.74) is 0.566. The largest absolute Gasteiger partial charge is 0.326 e. The monoisotopic (exact) mass is 350 g/mol. The van der Waals surface area contributed by atoms with Gasteiger partial charge in [-0.15, -0.1) is 11.8 Å². The van der Waals surface area contributed by atoms with Gasteiger partial charge in [-0.05, 0) is 36.4 Å². The Hall–Kier alpha value is -1.83. The van der Waals surface area contributed by atoms with E-state index in [0.717, 1.165) is 4.90 Å². The van der Waals surface area contributed by atoms with Crippen LogP contribution in [-0.2, 0) is 14.8 Å². The fourth-order valence-electron chi connectivity index (χ4n) is 1.87. The Balaban J connectivity index is 1.87. The molecule has 0 fully saturated rings. The van der Waals surface area contributed by atoms with E-state index in [1.54, 1.807) is 23.9 Å². The van der Waals surface area contributed by atoms with Crippen molar-refractivity contribution in [1.82, 2.24) is 4.72 Å². The number of benzene rings is 2. The summed E-state index contributed by atoms with van der Waals surface area (Å²) in [6.45, 7) is 1.74. The number of sulfonamides is 1. The van der Waals surface area contributed by atoms with E-state index in [9.17, 15) is 13.2 Å². The van der Waals surface area contributed by atoms with Gasteiger partial charge in [0.15, 0.2) is 0 Å². The molecule has 0 radical (unpaired) electrons. The quantitative estimate of drug-likeness (QED) is 0.595. The van der Waals surface area contributed by atoms with Crippen LogP contribution in [0.2, 0.25) is 0 Å². The molecule has 0 unspecified atom stereocenters. The molecule has 2 N–H and O–H groups in total. The zero-order valence-corrected chi connectivity index (χ0v) is 14.3. The lowest BCUT2D eigenvalue weighted by atomic mass is 10.3. The number of carbonyl (C=O) groups excluding carboxylic acids is 1. The van der Waals surface area contributed by atoms with Crippen LogP contribution in [-0.4, -0.2) is 26.6 Å². The maximum atomic E-state index is 12.2. The Labute approximate surface area is 140 Å². The van der Waals surface area contributed by atoms with Gasteiger partial charge in [0, 0.05) is 29.8 Å². The van der Waals surface area contributed by atoms with Gasteiger partial charge in [0.25, 0.3) is 0 Å². The zero-order chi connectivity index (χ0) is 16.7. The highest BCUT2D eigenvalue weighted by atomic mass is 32.2. The second kappa shape index (κ2) is 8.14. The van der Waals surface area contributed by atoms with Gasteiger partial charge in [-0.3, -0.25) is 4.79 Å². The Morgan fingerprint density at radius 2 is 1.70 bits per heavy atom. The zero-order valence-electron chi connectivity index (χ0n) is 12.7. The Morgan fingerprint density at radius 1 is 1.04 bits per heavy atom. The summed E-state index contributed by atoms with van der Waals surface area (Å²) in [5, 5.41) is 2.60. The fourth-order valence-corrected chi connectivity index (χ4v) is 3.82. The van der Waals surface area contributed by atoms with Crippen molar-refractivity contribution < 1.29 is 13.2 Å². The van der Waals surface area contributed by atoms with Gasteiger partial charge >= 0.3 is 0 Å². The summed E-state index contributed by atoms with van der Waals surface area (Å²) in [6.07, 6.45) is 0. The first-order chi connectivity index (χ1) is 11.0. The molecule has 0 atom stereocenters. The molecular weight excluding hydrogens is 332 g/mol. The van der Waals surface area contributed by atoms with Crippen molar-refractivity contribution in [3.05, 3.63) is 54.6 Å². The molecule has 5 nitrogen and oxygen atoms in total. The van der Waals surface area contributed by atoms with Crippen LogP contribution < -0.4 is 10.0 Å². The van der Waals surface area contributed by atoms with Crippen molar-refractivity contribution in [2.75, 3.05) is 17.6 Å². The maximum absolute atomic E-state index is 12.2. The molecule has 0 aromatic heterocycles. The van der Waals surface area contributed by atoms with Gasteiger partial charge < -0.3 is 5.32 Å². The molecule has 0 bridgehead atoms. The average Bonchev–Trinajstić information content (AvgIpc) is 2.53. The molecule has 0 saturated carbocycles. The molecule has 2 aromatic carbocycles. The van der Waals surface area contributed by atoms with Crippen LogP contribution >= 0.6 is 11.8 Å². The van der Waals surface area contributed by atoms with E-state index in [1.807, 2.05) is 30.3 Å². The third kappa shape index (κ3) is 5.70. The minimum atomic E-state index is -3.54. The van der Waals surface area contributed by atoms with E-state index in [-0.39, 0.29) is 10.8 Å². The van der Waals surface area contributed by atoms with Crippen LogP contribution in [0.1, 0.15) is 6.92 Å². The highest BCUT2D eigenvalue weighted by Gasteiger charge is 2.13. The second-order valence-electron chi connectivity index (χ2n) is 4.76. The van der Waals surface area contributed by atoms with Crippen LogP contribution in [0.4, 0.5) is 5.69 Å². The lowest BCUT2D eigenvalue weighted by Gasteiger charge is -2.08. The highest BCUT2D eigenvalue weighted by Crippen LogP contribution is 2.17. The van der Waals surface area contributed by atoms with Crippen molar-refractivity contribution in [3.8, 4) is 0 Å². The number of amides is 1. The van der Waals surface area contributed by atoms with Crippen molar-refractivity contribution in [3.63, 3.8) is 0 Å². The normalized spacial score (nSPS) is 11.2. The predicted molar refractivity (Wildman–Crippen MR) is 93.1 cm³/mol. The van der Waals surface area contributed by atoms with E-state index in [2.05, 4.69) is 10.0 Å². The minimum Gasteiger partial charge on any atom is -0.326 e. The van der Waals surface area contributed by atoms with Crippen molar-refractivity contribution in [2.24, 2.45) is 0 Å². The lowest BCUT2D eigenvalue weighted by Crippen LogP contribution is -2.26. The summed E-state index contributed by atoms with van der Waals surface area (Å²) < 4.78 is 26.9. The van der Waals surface area contributed by atoms with Crippen LogP contribution in [0.25, 0.3) is 0 Å². The Bertz CT molecular complexity index is 745. The van der Waals surface area contributed by atoms with Crippen LogP contribution in [0.3, 0.4) is 0 Å². The summed E-state index contributed by atoms with van der Waals surface area (Å²) in [6, 6.07) is 15.9. The SMILES string of the molecule is CC(=O)Nc1ccc(S(=O)(=O)NCCSc2ccccc2)cc1. The first kappa shape index (κ1) is 17.5. The number of carbonyl (C=O) groups is 1. The number of hydrogen-bond acceptors (Lipinski definition) is 4. The number of nitrogens with one attached hydrogen (secondary N) is 2. The van der Waals surface area contributed by atoms with Crippen LogP contribution in [0.15, 0.2) is 64.4 Å².